The van der Waals surface area contributed by atoms with Gasteiger partial charge in [-0.15, -0.1) is 11.3 Å². The zero-order valence-electron chi connectivity index (χ0n) is 14.6. The van der Waals surface area contributed by atoms with E-state index in [0.717, 1.165) is 27.2 Å². The van der Waals surface area contributed by atoms with Crippen LogP contribution in [-0.4, -0.2) is 21.1 Å². The van der Waals surface area contributed by atoms with Crippen molar-refractivity contribution in [3.05, 3.63) is 72.1 Å². The monoisotopic (exact) mass is 391 g/mol. The van der Waals surface area contributed by atoms with Crippen LogP contribution >= 0.6 is 23.1 Å². The molecule has 2 aromatic carbocycles. The van der Waals surface area contributed by atoms with Crippen molar-refractivity contribution in [2.45, 2.75) is 17.2 Å². The molecule has 1 N–H and O–H groups in total. The van der Waals surface area contributed by atoms with Crippen molar-refractivity contribution in [3.63, 3.8) is 0 Å². The van der Waals surface area contributed by atoms with Crippen LogP contribution in [0.1, 0.15) is 6.92 Å². The first-order valence-electron chi connectivity index (χ1n) is 8.53. The predicted molar refractivity (Wildman–Crippen MR) is 113 cm³/mol. The van der Waals surface area contributed by atoms with Gasteiger partial charge >= 0.3 is 0 Å². The minimum Gasteiger partial charge on any atom is -0.301 e. The van der Waals surface area contributed by atoms with Gasteiger partial charge < -0.3 is 5.32 Å². The number of rotatable bonds is 5. The third-order valence-electron chi connectivity index (χ3n) is 4.04. The number of amides is 1. The number of nitrogens with zero attached hydrogens (tertiary/aromatic N) is 2. The van der Waals surface area contributed by atoms with Gasteiger partial charge in [-0.3, -0.25) is 4.79 Å². The van der Waals surface area contributed by atoms with Crippen molar-refractivity contribution in [1.29, 1.82) is 0 Å². The Labute approximate surface area is 165 Å². The Hall–Kier alpha value is -2.70. The Morgan fingerprint density at radius 2 is 1.78 bits per heavy atom. The standard InChI is InChI=1S/C21H17N3OS2/c1-14(27-19-12-11-16-9-5-6-10-17(16)22-19)20(25)24-21-23-18(13-26-21)15-7-3-2-4-8-15/h2-14H,1H3,(H,23,24,25). The summed E-state index contributed by atoms with van der Waals surface area (Å²) >= 11 is 2.87. The fraction of sp³-hybridized carbons (Fsp3) is 0.0952. The van der Waals surface area contributed by atoms with Crippen LogP contribution in [0.3, 0.4) is 0 Å². The van der Waals surface area contributed by atoms with E-state index in [1.54, 1.807) is 0 Å². The summed E-state index contributed by atoms with van der Waals surface area (Å²) < 4.78 is 0. The third-order valence-corrected chi connectivity index (χ3v) is 5.84. The summed E-state index contributed by atoms with van der Waals surface area (Å²) in [6.45, 7) is 1.88. The molecule has 134 valence electrons. The number of thioether (sulfide) groups is 1. The van der Waals surface area contributed by atoms with Crippen LogP contribution in [0.25, 0.3) is 22.2 Å². The maximum absolute atomic E-state index is 12.5. The highest BCUT2D eigenvalue weighted by Gasteiger charge is 2.17. The molecule has 4 rings (SSSR count). The quantitative estimate of drug-likeness (QED) is 0.458. The van der Waals surface area contributed by atoms with Gasteiger partial charge in [0, 0.05) is 16.3 Å². The van der Waals surface area contributed by atoms with E-state index in [2.05, 4.69) is 15.3 Å². The molecule has 0 fully saturated rings. The second kappa shape index (κ2) is 7.90. The van der Waals surface area contributed by atoms with E-state index in [4.69, 9.17) is 0 Å². The van der Waals surface area contributed by atoms with Gasteiger partial charge in [0.05, 0.1) is 21.5 Å². The summed E-state index contributed by atoms with van der Waals surface area (Å²) in [5.41, 5.74) is 2.84. The average Bonchev–Trinajstić information content (AvgIpc) is 3.17. The minimum atomic E-state index is -0.275. The van der Waals surface area contributed by atoms with E-state index in [1.165, 1.54) is 23.1 Å². The Balaban J connectivity index is 1.42. The fourth-order valence-electron chi connectivity index (χ4n) is 2.63. The molecule has 0 saturated carbocycles. The van der Waals surface area contributed by atoms with Crippen molar-refractivity contribution in [3.8, 4) is 11.3 Å². The van der Waals surface area contributed by atoms with Crippen LogP contribution in [0.2, 0.25) is 0 Å². The highest BCUT2D eigenvalue weighted by atomic mass is 32.2. The van der Waals surface area contributed by atoms with E-state index in [-0.39, 0.29) is 11.2 Å². The molecule has 1 atom stereocenters. The Morgan fingerprint density at radius 1 is 1.00 bits per heavy atom. The normalized spacial score (nSPS) is 12.0. The number of carbonyl (C=O) groups excluding carboxylic acids is 1. The number of nitrogens with one attached hydrogen (secondary N) is 1. The molecule has 1 unspecified atom stereocenters. The lowest BCUT2D eigenvalue weighted by atomic mass is 10.2. The van der Waals surface area contributed by atoms with E-state index < -0.39 is 0 Å². The molecule has 1 amide bonds. The molecule has 0 radical (unpaired) electrons. The first-order valence-corrected chi connectivity index (χ1v) is 10.3. The van der Waals surface area contributed by atoms with Gasteiger partial charge in [0.1, 0.15) is 0 Å². The molecule has 0 bridgehead atoms. The number of aromatic nitrogens is 2. The predicted octanol–water partition coefficient (Wildman–Crippen LogP) is 5.48. The van der Waals surface area contributed by atoms with Gasteiger partial charge in [-0.2, -0.15) is 0 Å². The van der Waals surface area contributed by atoms with Gasteiger partial charge in [0.25, 0.3) is 0 Å². The zero-order valence-corrected chi connectivity index (χ0v) is 16.3. The summed E-state index contributed by atoms with van der Waals surface area (Å²) in [5.74, 6) is -0.0797. The maximum Gasteiger partial charge on any atom is 0.239 e. The molecule has 0 aliphatic heterocycles. The number of fused-ring (bicyclic) bond motifs is 1. The van der Waals surface area contributed by atoms with Crippen LogP contribution < -0.4 is 5.32 Å². The first-order chi connectivity index (χ1) is 13.2. The summed E-state index contributed by atoms with van der Waals surface area (Å²) in [5, 5.41) is 7.12. The summed E-state index contributed by atoms with van der Waals surface area (Å²) in [4.78, 5) is 21.7. The molecule has 0 aliphatic carbocycles. The fourth-order valence-corrected chi connectivity index (χ4v) is 4.18. The lowest BCUT2D eigenvalue weighted by molar-refractivity contribution is -0.115. The average molecular weight is 392 g/mol. The number of pyridine rings is 1. The van der Waals surface area contributed by atoms with Crippen LogP contribution in [0.15, 0.2) is 77.1 Å². The van der Waals surface area contributed by atoms with Crippen molar-refractivity contribution in [2.24, 2.45) is 0 Å². The second-order valence-electron chi connectivity index (χ2n) is 6.00. The largest absolute Gasteiger partial charge is 0.301 e. The lowest BCUT2D eigenvalue weighted by Gasteiger charge is -2.10. The number of benzene rings is 2. The topological polar surface area (TPSA) is 54.9 Å². The highest BCUT2D eigenvalue weighted by molar-refractivity contribution is 8.00. The third kappa shape index (κ3) is 4.18. The van der Waals surface area contributed by atoms with Crippen LogP contribution in [-0.2, 0) is 4.79 Å². The molecule has 0 saturated heterocycles. The number of hydrogen-bond acceptors (Lipinski definition) is 5. The van der Waals surface area contributed by atoms with Crippen molar-refractivity contribution in [1.82, 2.24) is 9.97 Å². The molecule has 27 heavy (non-hydrogen) atoms. The van der Waals surface area contributed by atoms with Crippen molar-refractivity contribution in [2.75, 3.05) is 5.32 Å². The number of anilines is 1. The lowest BCUT2D eigenvalue weighted by Crippen LogP contribution is -2.22. The number of para-hydroxylation sites is 1. The molecular formula is C21H17N3OS2. The van der Waals surface area contributed by atoms with E-state index in [0.29, 0.717) is 5.13 Å². The van der Waals surface area contributed by atoms with Gasteiger partial charge in [-0.25, -0.2) is 9.97 Å². The summed E-state index contributed by atoms with van der Waals surface area (Å²) in [7, 11) is 0. The van der Waals surface area contributed by atoms with Crippen LogP contribution in [0.5, 0.6) is 0 Å². The van der Waals surface area contributed by atoms with Crippen LogP contribution in [0, 0.1) is 0 Å². The second-order valence-corrected chi connectivity index (χ2v) is 8.21. The number of hydrogen-bond donors (Lipinski definition) is 1. The minimum absolute atomic E-state index is 0.0797. The SMILES string of the molecule is CC(Sc1ccc2ccccc2n1)C(=O)Nc1nc(-c2ccccc2)cs1. The maximum atomic E-state index is 12.5. The molecular weight excluding hydrogens is 374 g/mol. The van der Waals surface area contributed by atoms with Gasteiger partial charge in [0.2, 0.25) is 5.91 Å². The molecule has 6 heteroatoms. The first kappa shape index (κ1) is 17.7. The molecule has 0 aliphatic rings. The highest BCUT2D eigenvalue weighted by Crippen LogP contribution is 2.27. The van der Waals surface area contributed by atoms with Gasteiger partial charge in [-0.1, -0.05) is 66.4 Å². The molecule has 4 aromatic rings. The molecule has 4 nitrogen and oxygen atoms in total. The van der Waals surface area contributed by atoms with E-state index >= 15 is 0 Å². The van der Waals surface area contributed by atoms with Crippen molar-refractivity contribution < 1.29 is 4.79 Å². The van der Waals surface area contributed by atoms with Crippen LogP contribution in [0.4, 0.5) is 5.13 Å². The summed E-state index contributed by atoms with van der Waals surface area (Å²) in [6.07, 6.45) is 0. The smallest absolute Gasteiger partial charge is 0.239 e. The van der Waals surface area contributed by atoms with Gasteiger partial charge in [-0.05, 0) is 19.1 Å². The zero-order chi connectivity index (χ0) is 18.6. The Kier molecular flexibility index (Phi) is 5.18. The van der Waals surface area contributed by atoms with Gasteiger partial charge in [0.15, 0.2) is 5.13 Å². The molecule has 0 spiro atoms. The number of thiazole rings is 1. The Morgan fingerprint density at radius 3 is 2.63 bits per heavy atom. The summed E-state index contributed by atoms with van der Waals surface area (Å²) in [6, 6.07) is 21.9. The Bertz CT molecular complexity index is 1080. The van der Waals surface area contributed by atoms with Crippen molar-refractivity contribution >= 4 is 45.0 Å². The van der Waals surface area contributed by atoms with E-state index in [9.17, 15) is 4.79 Å². The molecule has 2 heterocycles. The van der Waals surface area contributed by atoms with E-state index in [1.807, 2.05) is 79.0 Å². The molecule has 2 aromatic heterocycles. The number of carbonyl (C=O) groups is 1.